The van der Waals surface area contributed by atoms with Gasteiger partial charge in [-0.3, -0.25) is 4.79 Å². The van der Waals surface area contributed by atoms with Crippen LogP contribution >= 0.6 is 0 Å². The van der Waals surface area contributed by atoms with E-state index in [0.717, 1.165) is 0 Å². The van der Waals surface area contributed by atoms with Crippen molar-refractivity contribution in [2.24, 2.45) is 5.92 Å². The molecule has 1 aromatic carbocycles. The first-order chi connectivity index (χ1) is 11.0. The number of benzene rings is 1. The number of carbonyl (C=O) groups excluding carboxylic acids is 1. The van der Waals surface area contributed by atoms with Crippen LogP contribution in [0, 0.1) is 11.7 Å². The van der Waals surface area contributed by atoms with Crippen LogP contribution in [0.3, 0.4) is 0 Å². The molecule has 0 saturated heterocycles. The second kappa shape index (κ2) is 7.64. The molecule has 122 valence electrons. The molecule has 0 aliphatic carbocycles. The van der Waals surface area contributed by atoms with Crippen molar-refractivity contribution in [2.75, 3.05) is 17.2 Å². The van der Waals surface area contributed by atoms with Crippen LogP contribution < -0.4 is 10.6 Å². The van der Waals surface area contributed by atoms with E-state index in [4.69, 9.17) is 5.11 Å². The van der Waals surface area contributed by atoms with E-state index in [0.29, 0.717) is 11.5 Å². The molecule has 0 aliphatic heterocycles. The zero-order valence-corrected chi connectivity index (χ0v) is 13.0. The second-order valence-corrected chi connectivity index (χ2v) is 5.34. The predicted octanol–water partition coefficient (Wildman–Crippen LogP) is 2.30. The van der Waals surface area contributed by atoms with E-state index in [1.165, 1.54) is 36.7 Å². The lowest BCUT2D eigenvalue weighted by Crippen LogP contribution is -2.27. The SMILES string of the molecule is CC(CO)C(C)Nc1cc(C(=O)Nc2ccc(F)cc2)ncn1. The van der Waals surface area contributed by atoms with Gasteiger partial charge in [0, 0.05) is 24.4 Å². The number of aliphatic hydroxyl groups excluding tert-OH is 1. The second-order valence-electron chi connectivity index (χ2n) is 5.34. The molecule has 0 bridgehead atoms. The van der Waals surface area contributed by atoms with Crippen LogP contribution in [0.1, 0.15) is 24.3 Å². The van der Waals surface area contributed by atoms with Crippen molar-refractivity contribution in [3.05, 3.63) is 48.2 Å². The number of nitrogens with one attached hydrogen (secondary N) is 2. The Hall–Kier alpha value is -2.54. The monoisotopic (exact) mass is 318 g/mol. The molecule has 0 spiro atoms. The molecule has 2 rings (SSSR count). The van der Waals surface area contributed by atoms with E-state index in [9.17, 15) is 9.18 Å². The first-order valence-corrected chi connectivity index (χ1v) is 7.26. The lowest BCUT2D eigenvalue weighted by molar-refractivity contribution is 0.102. The first-order valence-electron chi connectivity index (χ1n) is 7.26. The number of nitrogens with zero attached hydrogens (tertiary/aromatic N) is 2. The molecule has 6 nitrogen and oxygen atoms in total. The van der Waals surface area contributed by atoms with Gasteiger partial charge < -0.3 is 15.7 Å². The van der Waals surface area contributed by atoms with E-state index < -0.39 is 5.91 Å². The zero-order chi connectivity index (χ0) is 16.8. The minimum Gasteiger partial charge on any atom is -0.396 e. The smallest absolute Gasteiger partial charge is 0.274 e. The van der Waals surface area contributed by atoms with E-state index in [1.54, 1.807) is 0 Å². The third-order valence-electron chi connectivity index (χ3n) is 3.52. The predicted molar refractivity (Wildman–Crippen MR) is 85.7 cm³/mol. The highest BCUT2D eigenvalue weighted by atomic mass is 19.1. The third kappa shape index (κ3) is 4.72. The summed E-state index contributed by atoms with van der Waals surface area (Å²) in [6.45, 7) is 3.87. The number of aromatic nitrogens is 2. The number of carbonyl (C=O) groups is 1. The fourth-order valence-electron chi connectivity index (χ4n) is 1.82. The molecule has 1 aromatic heterocycles. The first kappa shape index (κ1) is 16.8. The molecule has 23 heavy (non-hydrogen) atoms. The number of anilines is 2. The summed E-state index contributed by atoms with van der Waals surface area (Å²) < 4.78 is 12.9. The number of hydrogen-bond acceptors (Lipinski definition) is 5. The average Bonchev–Trinajstić information content (AvgIpc) is 2.56. The van der Waals surface area contributed by atoms with Crippen molar-refractivity contribution < 1.29 is 14.3 Å². The molecule has 1 heterocycles. The highest BCUT2D eigenvalue weighted by molar-refractivity contribution is 6.03. The molecule has 3 N–H and O–H groups in total. The maximum Gasteiger partial charge on any atom is 0.274 e. The molecule has 7 heteroatoms. The molecule has 0 radical (unpaired) electrons. The van der Waals surface area contributed by atoms with Crippen LogP contribution in [0.5, 0.6) is 0 Å². The summed E-state index contributed by atoms with van der Waals surface area (Å²) in [5.74, 6) is -0.244. The molecule has 2 atom stereocenters. The Morgan fingerprint density at radius 3 is 2.61 bits per heavy atom. The van der Waals surface area contributed by atoms with E-state index in [1.807, 2.05) is 13.8 Å². The molecular formula is C16H19FN4O2. The molecule has 2 aromatic rings. The lowest BCUT2D eigenvalue weighted by atomic mass is 10.1. The van der Waals surface area contributed by atoms with Gasteiger partial charge in [-0.15, -0.1) is 0 Å². The summed E-state index contributed by atoms with van der Waals surface area (Å²) in [5, 5.41) is 14.9. The summed E-state index contributed by atoms with van der Waals surface area (Å²) in [6, 6.07) is 6.99. The Labute approximate surface area is 133 Å². The Morgan fingerprint density at radius 2 is 1.96 bits per heavy atom. The van der Waals surface area contributed by atoms with Crippen molar-refractivity contribution in [3.8, 4) is 0 Å². The quantitative estimate of drug-likeness (QED) is 0.761. The summed E-state index contributed by atoms with van der Waals surface area (Å²) in [7, 11) is 0. The van der Waals surface area contributed by atoms with Crippen LogP contribution in [-0.4, -0.2) is 33.6 Å². The maximum atomic E-state index is 12.9. The molecule has 1 amide bonds. The highest BCUT2D eigenvalue weighted by Crippen LogP contribution is 2.13. The lowest BCUT2D eigenvalue weighted by Gasteiger charge is -2.19. The summed E-state index contributed by atoms with van der Waals surface area (Å²) >= 11 is 0. The van der Waals surface area contributed by atoms with Crippen LogP contribution in [0.15, 0.2) is 36.7 Å². The normalized spacial score (nSPS) is 13.2. The van der Waals surface area contributed by atoms with E-state index >= 15 is 0 Å². The van der Waals surface area contributed by atoms with Crippen LogP contribution in [0.4, 0.5) is 15.9 Å². The Bertz CT molecular complexity index is 663. The van der Waals surface area contributed by atoms with Crippen molar-refractivity contribution in [2.45, 2.75) is 19.9 Å². The van der Waals surface area contributed by atoms with Gasteiger partial charge in [0.1, 0.15) is 23.7 Å². The van der Waals surface area contributed by atoms with Gasteiger partial charge in [-0.05, 0) is 37.1 Å². The molecule has 2 unspecified atom stereocenters. The van der Waals surface area contributed by atoms with Crippen LogP contribution in [0.2, 0.25) is 0 Å². The van der Waals surface area contributed by atoms with Crippen molar-refractivity contribution in [3.63, 3.8) is 0 Å². The summed E-state index contributed by atoms with van der Waals surface area (Å²) in [4.78, 5) is 20.2. The summed E-state index contributed by atoms with van der Waals surface area (Å²) in [5.41, 5.74) is 0.669. The van der Waals surface area contributed by atoms with E-state index in [2.05, 4.69) is 20.6 Å². The fourth-order valence-corrected chi connectivity index (χ4v) is 1.82. The Kier molecular flexibility index (Phi) is 5.59. The van der Waals surface area contributed by atoms with Gasteiger partial charge in [0.25, 0.3) is 5.91 Å². The molecule has 0 saturated carbocycles. The number of rotatable bonds is 6. The third-order valence-corrected chi connectivity index (χ3v) is 3.52. The molecule has 0 aliphatic rings. The topological polar surface area (TPSA) is 87.1 Å². The van der Waals surface area contributed by atoms with Gasteiger partial charge >= 0.3 is 0 Å². The van der Waals surface area contributed by atoms with Crippen LogP contribution in [-0.2, 0) is 0 Å². The maximum absolute atomic E-state index is 12.9. The number of aliphatic hydroxyl groups is 1. The Morgan fingerprint density at radius 1 is 1.26 bits per heavy atom. The largest absolute Gasteiger partial charge is 0.396 e. The van der Waals surface area contributed by atoms with Gasteiger partial charge in [0.2, 0.25) is 0 Å². The van der Waals surface area contributed by atoms with Gasteiger partial charge in [-0.1, -0.05) is 6.92 Å². The molecule has 0 fully saturated rings. The Balaban J connectivity index is 2.06. The number of halogens is 1. The van der Waals surface area contributed by atoms with E-state index in [-0.39, 0.29) is 30.1 Å². The van der Waals surface area contributed by atoms with Crippen molar-refractivity contribution in [1.29, 1.82) is 0 Å². The van der Waals surface area contributed by atoms with Gasteiger partial charge in [0.15, 0.2) is 0 Å². The average molecular weight is 318 g/mol. The number of hydrogen-bond donors (Lipinski definition) is 3. The van der Waals surface area contributed by atoms with Gasteiger partial charge in [0.05, 0.1) is 0 Å². The highest BCUT2D eigenvalue weighted by Gasteiger charge is 2.14. The zero-order valence-electron chi connectivity index (χ0n) is 13.0. The van der Waals surface area contributed by atoms with Crippen LogP contribution in [0.25, 0.3) is 0 Å². The van der Waals surface area contributed by atoms with Crippen molar-refractivity contribution >= 4 is 17.4 Å². The molecular weight excluding hydrogens is 299 g/mol. The minimum atomic E-state index is -0.412. The van der Waals surface area contributed by atoms with Gasteiger partial charge in [-0.25, -0.2) is 14.4 Å². The van der Waals surface area contributed by atoms with Crippen molar-refractivity contribution in [1.82, 2.24) is 9.97 Å². The summed E-state index contributed by atoms with van der Waals surface area (Å²) in [6.07, 6.45) is 1.29. The van der Waals surface area contributed by atoms with Gasteiger partial charge in [-0.2, -0.15) is 0 Å². The minimum absolute atomic E-state index is 0.0112. The number of amides is 1. The standard InChI is InChI=1S/C16H19FN4O2/c1-10(8-22)11(2)20-15-7-14(18-9-19-15)16(23)21-13-5-3-12(17)4-6-13/h3-7,9-11,22H,8H2,1-2H3,(H,21,23)(H,18,19,20). The fraction of sp³-hybridized carbons (Fsp3) is 0.312.